The average Bonchev–Trinajstić information content (AvgIpc) is 2.77. The van der Waals surface area contributed by atoms with E-state index in [4.69, 9.17) is 9.47 Å². The van der Waals surface area contributed by atoms with Crippen LogP contribution in [0.3, 0.4) is 0 Å². The van der Waals surface area contributed by atoms with Gasteiger partial charge in [-0.05, 0) is 43.6 Å². The Labute approximate surface area is 190 Å². The minimum atomic E-state index is -0.713. The van der Waals surface area contributed by atoms with Gasteiger partial charge in [0.25, 0.3) is 0 Å². The maximum absolute atomic E-state index is 12.9. The second kappa shape index (κ2) is 10.6. The molecule has 0 bridgehead atoms. The van der Waals surface area contributed by atoms with Gasteiger partial charge in [-0.2, -0.15) is 0 Å². The van der Waals surface area contributed by atoms with Crippen LogP contribution < -0.4 is 0 Å². The lowest BCUT2D eigenvalue weighted by molar-refractivity contribution is -0.159. The third-order valence-electron chi connectivity index (χ3n) is 6.27. The summed E-state index contributed by atoms with van der Waals surface area (Å²) in [4.78, 5) is 38.0. The summed E-state index contributed by atoms with van der Waals surface area (Å²) in [6.45, 7) is 7.92. The molecular weight excluding hydrogens is 404 g/mol. The van der Waals surface area contributed by atoms with Crippen LogP contribution in [0.25, 0.3) is 0 Å². The minimum absolute atomic E-state index is 0.136. The number of hydrogen-bond acceptors (Lipinski definition) is 5. The Balaban J connectivity index is 1.64. The second-order valence-corrected chi connectivity index (χ2v) is 9.17. The maximum Gasteiger partial charge on any atom is 0.344 e. The van der Waals surface area contributed by atoms with Crippen LogP contribution in [-0.4, -0.2) is 30.4 Å². The predicted octanol–water partition coefficient (Wildman–Crippen LogP) is 5.39. The summed E-state index contributed by atoms with van der Waals surface area (Å²) >= 11 is 0. The molecule has 0 radical (unpaired) electrons. The third kappa shape index (κ3) is 5.84. The Morgan fingerprint density at radius 3 is 2.28 bits per heavy atom. The highest BCUT2D eigenvalue weighted by Gasteiger charge is 2.33. The van der Waals surface area contributed by atoms with Gasteiger partial charge in [0.15, 0.2) is 12.4 Å². The topological polar surface area (TPSA) is 69.7 Å². The number of carbonyl (C=O) groups excluding carboxylic acids is 3. The first-order chi connectivity index (χ1) is 15.3. The Bertz CT molecular complexity index is 960. The standard InChI is InChI=1S/C27H32O5/c1-17(2)21-14-11-19(4)15-24(21)32-25(28)16-31-27(30)23-8-6-5-7-22(23)26(29)20-12-9-18(3)10-13-20/h5-10,12-13,17,19,21,24H,11,14-16H2,1-4H3. The molecule has 1 saturated carbocycles. The van der Waals surface area contributed by atoms with Gasteiger partial charge in [0.1, 0.15) is 6.10 Å². The van der Waals surface area contributed by atoms with Gasteiger partial charge in [-0.3, -0.25) is 4.79 Å². The van der Waals surface area contributed by atoms with Gasteiger partial charge >= 0.3 is 11.9 Å². The van der Waals surface area contributed by atoms with Crippen LogP contribution in [0.1, 0.15) is 71.9 Å². The fourth-order valence-corrected chi connectivity index (χ4v) is 4.37. The molecule has 1 aliphatic carbocycles. The lowest BCUT2D eigenvalue weighted by Crippen LogP contribution is -2.36. The van der Waals surface area contributed by atoms with Crippen LogP contribution in [0, 0.1) is 24.7 Å². The monoisotopic (exact) mass is 436 g/mol. The number of ether oxygens (including phenoxy) is 2. The van der Waals surface area contributed by atoms with Crippen molar-refractivity contribution in [3.8, 4) is 0 Å². The smallest absolute Gasteiger partial charge is 0.344 e. The summed E-state index contributed by atoms with van der Waals surface area (Å²) in [5, 5.41) is 0. The number of ketones is 1. The van der Waals surface area contributed by atoms with Crippen molar-refractivity contribution in [2.24, 2.45) is 17.8 Å². The molecular formula is C27H32O5. The Kier molecular flexibility index (Phi) is 7.84. The van der Waals surface area contributed by atoms with E-state index in [-0.39, 0.29) is 23.0 Å². The van der Waals surface area contributed by atoms with Crippen LogP contribution >= 0.6 is 0 Å². The first-order valence-corrected chi connectivity index (χ1v) is 11.3. The normalized spacial score (nSPS) is 20.6. The van der Waals surface area contributed by atoms with Crippen LogP contribution in [0.2, 0.25) is 0 Å². The van der Waals surface area contributed by atoms with Crippen molar-refractivity contribution in [1.82, 2.24) is 0 Å². The molecule has 0 saturated heterocycles. The Morgan fingerprint density at radius 2 is 1.62 bits per heavy atom. The van der Waals surface area contributed by atoms with E-state index >= 15 is 0 Å². The van der Waals surface area contributed by atoms with Crippen LogP contribution in [0.4, 0.5) is 0 Å². The molecule has 32 heavy (non-hydrogen) atoms. The number of carbonyl (C=O) groups is 3. The molecule has 0 spiro atoms. The Morgan fingerprint density at radius 1 is 0.969 bits per heavy atom. The molecule has 0 aromatic heterocycles. The van der Waals surface area contributed by atoms with Gasteiger partial charge < -0.3 is 9.47 Å². The van der Waals surface area contributed by atoms with Crippen molar-refractivity contribution in [2.75, 3.05) is 6.61 Å². The summed E-state index contributed by atoms with van der Waals surface area (Å²) in [5.41, 5.74) is 1.91. The Hall–Kier alpha value is -2.95. The predicted molar refractivity (Wildman–Crippen MR) is 123 cm³/mol. The van der Waals surface area contributed by atoms with E-state index < -0.39 is 18.5 Å². The molecule has 0 aliphatic heterocycles. The van der Waals surface area contributed by atoms with Crippen molar-refractivity contribution in [1.29, 1.82) is 0 Å². The first-order valence-electron chi connectivity index (χ1n) is 11.3. The lowest BCUT2D eigenvalue weighted by atomic mass is 9.75. The van der Waals surface area contributed by atoms with Gasteiger partial charge in [-0.15, -0.1) is 0 Å². The van der Waals surface area contributed by atoms with Crippen molar-refractivity contribution in [3.63, 3.8) is 0 Å². The summed E-state index contributed by atoms with van der Waals surface area (Å²) in [6, 6.07) is 13.6. The van der Waals surface area contributed by atoms with E-state index in [0.717, 1.165) is 24.8 Å². The minimum Gasteiger partial charge on any atom is -0.460 e. The number of esters is 2. The van der Waals surface area contributed by atoms with E-state index in [2.05, 4.69) is 20.8 Å². The number of rotatable bonds is 7. The van der Waals surface area contributed by atoms with Crippen LogP contribution in [-0.2, 0) is 14.3 Å². The zero-order chi connectivity index (χ0) is 23.3. The fraction of sp³-hybridized carbons (Fsp3) is 0.444. The van der Waals surface area contributed by atoms with Gasteiger partial charge in [-0.1, -0.05) is 75.2 Å². The summed E-state index contributed by atoms with van der Waals surface area (Å²) < 4.78 is 10.9. The molecule has 1 fully saturated rings. The zero-order valence-corrected chi connectivity index (χ0v) is 19.3. The highest BCUT2D eigenvalue weighted by Crippen LogP contribution is 2.35. The summed E-state index contributed by atoms with van der Waals surface area (Å²) in [7, 11) is 0. The van der Waals surface area contributed by atoms with E-state index in [1.54, 1.807) is 30.3 Å². The molecule has 5 heteroatoms. The summed E-state index contributed by atoms with van der Waals surface area (Å²) in [5.74, 6) is -0.289. The highest BCUT2D eigenvalue weighted by molar-refractivity contribution is 6.14. The average molecular weight is 437 g/mol. The molecule has 170 valence electrons. The molecule has 5 nitrogen and oxygen atoms in total. The van der Waals surface area contributed by atoms with E-state index in [1.807, 2.05) is 19.1 Å². The second-order valence-electron chi connectivity index (χ2n) is 9.17. The van der Waals surface area contributed by atoms with Gasteiger partial charge in [0, 0.05) is 11.1 Å². The van der Waals surface area contributed by atoms with Crippen LogP contribution in [0.15, 0.2) is 48.5 Å². The molecule has 2 aromatic carbocycles. The van der Waals surface area contributed by atoms with Gasteiger partial charge in [0.2, 0.25) is 0 Å². The van der Waals surface area contributed by atoms with Crippen molar-refractivity contribution < 1.29 is 23.9 Å². The van der Waals surface area contributed by atoms with Crippen molar-refractivity contribution in [2.45, 2.75) is 53.1 Å². The number of hydrogen-bond donors (Lipinski definition) is 0. The molecule has 3 atom stereocenters. The molecule has 3 unspecified atom stereocenters. The van der Waals surface area contributed by atoms with Gasteiger partial charge in [-0.25, -0.2) is 9.59 Å². The molecule has 0 heterocycles. The highest BCUT2D eigenvalue weighted by atomic mass is 16.6. The first kappa shape index (κ1) is 23.7. The fourth-order valence-electron chi connectivity index (χ4n) is 4.37. The lowest BCUT2D eigenvalue weighted by Gasteiger charge is -2.36. The quantitative estimate of drug-likeness (QED) is 0.430. The molecule has 2 aromatic rings. The molecule has 1 aliphatic rings. The maximum atomic E-state index is 12.9. The number of aryl methyl sites for hydroxylation is 1. The zero-order valence-electron chi connectivity index (χ0n) is 19.3. The van der Waals surface area contributed by atoms with Crippen molar-refractivity contribution in [3.05, 3.63) is 70.8 Å². The molecule has 0 amide bonds. The molecule has 3 rings (SSSR count). The molecule has 0 N–H and O–H groups in total. The van der Waals surface area contributed by atoms with E-state index in [1.165, 1.54) is 6.07 Å². The van der Waals surface area contributed by atoms with E-state index in [0.29, 0.717) is 23.3 Å². The van der Waals surface area contributed by atoms with Gasteiger partial charge in [0.05, 0.1) is 5.56 Å². The van der Waals surface area contributed by atoms with E-state index in [9.17, 15) is 14.4 Å². The van der Waals surface area contributed by atoms with Crippen LogP contribution in [0.5, 0.6) is 0 Å². The van der Waals surface area contributed by atoms with Crippen molar-refractivity contribution >= 4 is 17.7 Å². The third-order valence-corrected chi connectivity index (χ3v) is 6.27. The number of benzene rings is 2. The summed E-state index contributed by atoms with van der Waals surface area (Å²) in [6.07, 6.45) is 2.85. The largest absolute Gasteiger partial charge is 0.460 e. The SMILES string of the molecule is Cc1ccc(C(=O)c2ccccc2C(=O)OCC(=O)OC2CC(C)CCC2C(C)C)cc1.